The van der Waals surface area contributed by atoms with Crippen LogP contribution in [-0.4, -0.2) is 35.1 Å². The van der Waals surface area contributed by atoms with E-state index >= 15 is 0 Å². The van der Waals surface area contributed by atoms with Crippen molar-refractivity contribution in [2.75, 3.05) is 4.90 Å². The van der Waals surface area contributed by atoms with Gasteiger partial charge in [0.25, 0.3) is 0 Å². The number of carboxylic acid groups (broad SMARTS) is 1. The number of carboxylic acids is 1. The number of aromatic carboxylic acids is 1. The molecule has 3 aliphatic carbocycles. The predicted molar refractivity (Wildman–Crippen MR) is 105 cm³/mol. The van der Waals surface area contributed by atoms with Gasteiger partial charge in [-0.15, -0.1) is 0 Å². The summed E-state index contributed by atoms with van der Waals surface area (Å²) in [6.45, 7) is 6.11. The lowest BCUT2D eigenvalue weighted by atomic mass is 9.30. The van der Waals surface area contributed by atoms with Crippen LogP contribution < -0.4 is 4.90 Å². The molecule has 6 fully saturated rings. The molecule has 0 aromatic heterocycles. The van der Waals surface area contributed by atoms with E-state index in [1.165, 1.54) is 0 Å². The summed E-state index contributed by atoms with van der Waals surface area (Å²) in [5.41, 5.74) is 0.0645. The lowest BCUT2D eigenvalue weighted by molar-refractivity contribution is -0.524. The quantitative estimate of drug-likeness (QED) is 0.746. The number of hydrogen-bond acceptors (Lipinski definition) is 5. The van der Waals surface area contributed by atoms with Crippen LogP contribution in [0, 0.1) is 28.6 Å². The van der Waals surface area contributed by atoms with Crippen LogP contribution in [0.2, 0.25) is 0 Å². The van der Waals surface area contributed by atoms with E-state index < -0.39 is 18.0 Å². The second kappa shape index (κ2) is 5.64. The van der Waals surface area contributed by atoms with Crippen molar-refractivity contribution in [3.8, 4) is 0 Å². The summed E-state index contributed by atoms with van der Waals surface area (Å²) in [4.78, 5) is 39.4. The Kier molecular flexibility index (Phi) is 3.53. The van der Waals surface area contributed by atoms with Crippen molar-refractivity contribution in [1.29, 1.82) is 0 Å². The molecule has 1 N–H and O–H groups in total. The van der Waals surface area contributed by atoms with Crippen molar-refractivity contribution < 1.29 is 29.2 Å². The number of rotatable bonds is 2. The molecule has 7 rings (SSSR count). The fourth-order valence-electron chi connectivity index (χ4n) is 7.70. The predicted octanol–water partition coefficient (Wildman–Crippen LogP) is 3.58. The first-order chi connectivity index (χ1) is 14.3. The summed E-state index contributed by atoms with van der Waals surface area (Å²) in [5, 5.41) is 9.79. The van der Waals surface area contributed by atoms with Crippen molar-refractivity contribution in [3.63, 3.8) is 0 Å². The van der Waals surface area contributed by atoms with Crippen molar-refractivity contribution in [2.45, 2.75) is 64.6 Å². The van der Waals surface area contributed by atoms with Crippen LogP contribution in [0.5, 0.6) is 0 Å². The Balaban J connectivity index is 1.58. The molecular formula is C23H27NO6. The highest BCUT2D eigenvalue weighted by atomic mass is 17.2. The number of para-hydroxylation sites is 1. The van der Waals surface area contributed by atoms with E-state index in [0.717, 1.165) is 19.3 Å². The molecule has 3 heterocycles. The topological polar surface area (TPSA) is 85.3 Å². The Morgan fingerprint density at radius 3 is 2.70 bits per heavy atom. The third-order valence-corrected chi connectivity index (χ3v) is 9.11. The second-order valence-corrected chi connectivity index (χ2v) is 10.1. The Hall–Kier alpha value is -1.96. The number of hydrogen-bond donors (Lipinski definition) is 1. The van der Waals surface area contributed by atoms with Gasteiger partial charge in [-0.25, -0.2) is 14.6 Å². The summed E-state index contributed by atoms with van der Waals surface area (Å²) < 4.78 is 6.55. The highest BCUT2D eigenvalue weighted by molar-refractivity contribution is 6.04. The fourth-order valence-corrected chi connectivity index (χ4v) is 7.70. The van der Waals surface area contributed by atoms with Crippen LogP contribution in [0.25, 0.3) is 0 Å². The monoisotopic (exact) mass is 413 g/mol. The average molecular weight is 413 g/mol. The van der Waals surface area contributed by atoms with Gasteiger partial charge in [0.2, 0.25) is 11.7 Å². The molecule has 0 radical (unpaired) electrons. The molecule has 1 aromatic rings. The zero-order chi connectivity index (χ0) is 21.1. The fraction of sp³-hybridized carbons (Fsp3) is 0.652. The van der Waals surface area contributed by atoms with Crippen LogP contribution in [0.1, 0.15) is 56.8 Å². The van der Waals surface area contributed by atoms with Crippen LogP contribution in [0.15, 0.2) is 24.3 Å². The summed E-state index contributed by atoms with van der Waals surface area (Å²) in [7, 11) is 0. The highest BCUT2D eigenvalue weighted by Gasteiger charge is 2.84. The maximum Gasteiger partial charge on any atom is 0.337 e. The normalized spacial score (nSPS) is 48.6. The van der Waals surface area contributed by atoms with Gasteiger partial charge in [0.05, 0.1) is 11.3 Å². The molecule has 8 atom stereocenters. The van der Waals surface area contributed by atoms with Gasteiger partial charge < -0.3 is 9.84 Å². The summed E-state index contributed by atoms with van der Waals surface area (Å²) in [6.07, 6.45) is 2.88. The molecule has 2 spiro atoms. The maximum atomic E-state index is 13.8. The molecule has 7 nitrogen and oxygen atoms in total. The molecule has 7 heteroatoms. The zero-order valence-corrected chi connectivity index (χ0v) is 17.5. The Morgan fingerprint density at radius 2 is 1.93 bits per heavy atom. The number of carbonyl (C=O) groups is 2. The SMILES string of the molecule is C[C@@H]1CCC23C4OO[C@@]5(C)CCC41C2[C@@H](O5)N(c1ccccc1C(=O)O)C(=O)[C@@H]3C. The lowest BCUT2D eigenvalue weighted by Gasteiger charge is -2.77. The van der Waals surface area contributed by atoms with Crippen molar-refractivity contribution in [1.82, 2.24) is 0 Å². The van der Waals surface area contributed by atoms with Gasteiger partial charge >= 0.3 is 5.97 Å². The number of fused-ring (bicyclic) bond motifs is 4. The van der Waals surface area contributed by atoms with E-state index in [2.05, 4.69) is 6.92 Å². The highest BCUT2D eigenvalue weighted by Crippen LogP contribution is 2.79. The van der Waals surface area contributed by atoms with Crippen LogP contribution >= 0.6 is 0 Å². The van der Waals surface area contributed by atoms with Gasteiger partial charge in [-0.05, 0) is 44.2 Å². The van der Waals surface area contributed by atoms with Gasteiger partial charge in [0, 0.05) is 29.1 Å². The zero-order valence-electron chi connectivity index (χ0n) is 17.5. The molecule has 4 unspecified atom stereocenters. The minimum atomic E-state index is -1.05. The van der Waals surface area contributed by atoms with Gasteiger partial charge in [-0.3, -0.25) is 9.69 Å². The summed E-state index contributed by atoms with van der Waals surface area (Å²) >= 11 is 0. The van der Waals surface area contributed by atoms with Gasteiger partial charge in [-0.2, -0.15) is 0 Å². The third kappa shape index (κ3) is 1.89. The van der Waals surface area contributed by atoms with E-state index in [0.29, 0.717) is 18.0 Å². The molecule has 3 aliphatic heterocycles. The van der Waals surface area contributed by atoms with Crippen LogP contribution in [0.3, 0.4) is 0 Å². The molecular weight excluding hydrogens is 386 g/mol. The Morgan fingerprint density at radius 1 is 1.17 bits per heavy atom. The molecule has 6 aliphatic rings. The van der Waals surface area contributed by atoms with Gasteiger partial charge in [0.1, 0.15) is 12.3 Å². The molecule has 3 saturated carbocycles. The average Bonchev–Trinajstić information content (AvgIpc) is 2.91. The van der Waals surface area contributed by atoms with E-state index in [4.69, 9.17) is 14.5 Å². The number of ether oxygens (including phenoxy) is 1. The minimum absolute atomic E-state index is 0.0900. The van der Waals surface area contributed by atoms with E-state index in [-0.39, 0.29) is 40.2 Å². The molecule has 3 bridgehead atoms. The molecule has 1 aromatic carbocycles. The number of amides is 1. The number of benzene rings is 1. The van der Waals surface area contributed by atoms with Crippen molar-refractivity contribution >= 4 is 17.6 Å². The lowest BCUT2D eigenvalue weighted by Crippen LogP contribution is -2.84. The van der Waals surface area contributed by atoms with Crippen molar-refractivity contribution in [3.05, 3.63) is 29.8 Å². The number of nitrogens with zero attached hydrogens (tertiary/aromatic N) is 1. The van der Waals surface area contributed by atoms with E-state index in [1.807, 2.05) is 13.8 Å². The summed E-state index contributed by atoms with van der Waals surface area (Å²) in [5.74, 6) is -1.90. The smallest absolute Gasteiger partial charge is 0.337 e. The van der Waals surface area contributed by atoms with E-state index in [1.54, 1.807) is 29.2 Å². The molecule has 160 valence electrons. The third-order valence-electron chi connectivity index (χ3n) is 9.11. The Labute approximate surface area is 175 Å². The van der Waals surface area contributed by atoms with Gasteiger partial charge in [-0.1, -0.05) is 26.0 Å². The van der Waals surface area contributed by atoms with Gasteiger partial charge in [0.15, 0.2) is 0 Å². The molecule has 30 heavy (non-hydrogen) atoms. The molecule has 1 amide bonds. The first kappa shape index (κ1) is 18.8. The first-order valence-corrected chi connectivity index (χ1v) is 10.9. The minimum Gasteiger partial charge on any atom is -0.478 e. The largest absolute Gasteiger partial charge is 0.478 e. The number of anilines is 1. The Bertz CT molecular complexity index is 965. The first-order valence-electron chi connectivity index (χ1n) is 10.9. The van der Waals surface area contributed by atoms with Crippen molar-refractivity contribution in [2.24, 2.45) is 28.6 Å². The van der Waals surface area contributed by atoms with Crippen LogP contribution in [0.4, 0.5) is 5.69 Å². The summed E-state index contributed by atoms with van der Waals surface area (Å²) in [6, 6.07) is 6.71. The maximum absolute atomic E-state index is 13.8. The standard InChI is InChI=1S/C23H27NO6/c1-12-8-9-23-13(2)17(25)24(15-7-5-4-6-14(15)19(26)27)18-16(23)22(12)11-10-21(3,28-18)30-29-20(22)23/h4-7,12-13,16,18,20H,8-11H2,1-3H3,(H,26,27)/t12-,13+,16?,18-,20?,21+,22?,23?/m1/s1. The second-order valence-electron chi connectivity index (χ2n) is 10.1. The molecule has 3 saturated heterocycles. The van der Waals surface area contributed by atoms with E-state index in [9.17, 15) is 14.7 Å². The van der Waals surface area contributed by atoms with Crippen LogP contribution in [-0.2, 0) is 19.3 Å². The number of carbonyl (C=O) groups excluding carboxylic acids is 1. The number of piperidine rings is 1.